The van der Waals surface area contributed by atoms with Crippen molar-refractivity contribution < 1.29 is 6.85 Å². The Morgan fingerprint density at radius 1 is 0.692 bits per heavy atom. The van der Waals surface area contributed by atoms with Gasteiger partial charge in [0.15, 0.2) is 0 Å². The topological polar surface area (TPSA) is 4.93 Å². The Hall–Kier alpha value is -2.84. The summed E-state index contributed by atoms with van der Waals surface area (Å²) in [5.41, 5.74) is 3.68. The van der Waals surface area contributed by atoms with E-state index in [1.807, 2.05) is 54.6 Å². The number of hydrogen-bond donors (Lipinski definition) is 0. The number of fused-ring (bicyclic) bond motifs is 3. The monoisotopic (exact) mass is 402 g/mol. The minimum absolute atomic E-state index is 0.200. The van der Waals surface area contributed by atoms with Crippen molar-refractivity contribution in [1.29, 1.82) is 0 Å². The summed E-state index contributed by atoms with van der Waals surface area (Å²) in [6.45, 7) is 0. The molecule has 1 heterocycles. The maximum Gasteiger partial charge on any atom is 0.0629 e. The second-order valence-corrected chi connectivity index (χ2v) is 6.89. The lowest BCUT2D eigenvalue weighted by Gasteiger charge is -2.10. The highest BCUT2D eigenvalue weighted by molar-refractivity contribution is 9.10. The van der Waals surface area contributed by atoms with E-state index in [4.69, 9.17) is 6.85 Å². The van der Waals surface area contributed by atoms with E-state index in [0.717, 1.165) is 32.0 Å². The minimum Gasteiger partial charge on any atom is -0.308 e. The fourth-order valence-electron chi connectivity index (χ4n) is 3.41. The fraction of sp³-hybridized carbons (Fsp3) is 0. The van der Waals surface area contributed by atoms with Crippen molar-refractivity contribution >= 4 is 37.7 Å². The molecule has 124 valence electrons. The molecule has 5 rings (SSSR count). The average molecular weight is 403 g/mol. The Balaban J connectivity index is 1.90. The molecule has 0 bridgehead atoms. The summed E-state index contributed by atoms with van der Waals surface area (Å²) in [5.74, 6) is 0. The number of rotatable bonds is 2. The number of aromatic nitrogens is 1. The zero-order chi connectivity index (χ0) is 21.9. The smallest absolute Gasteiger partial charge is 0.0629 e. The van der Waals surface area contributed by atoms with Gasteiger partial charge < -0.3 is 4.57 Å². The predicted molar refractivity (Wildman–Crippen MR) is 114 cm³/mol. The second-order valence-electron chi connectivity index (χ2n) is 6.04. The van der Waals surface area contributed by atoms with Crippen molar-refractivity contribution in [3.63, 3.8) is 0 Å². The number of nitrogens with zero attached hydrogens (tertiary/aromatic N) is 1. The van der Waals surface area contributed by atoms with Gasteiger partial charge in [-0.1, -0.05) is 72.7 Å². The van der Waals surface area contributed by atoms with Crippen LogP contribution in [0.15, 0.2) is 101 Å². The summed E-state index contributed by atoms with van der Waals surface area (Å²) < 4.78 is 43.7. The highest BCUT2D eigenvalue weighted by Gasteiger charge is 2.14. The molecule has 0 aliphatic heterocycles. The lowest BCUT2D eigenvalue weighted by atomic mass is 10.0. The third-order valence-corrected chi connectivity index (χ3v) is 5.23. The molecule has 0 unspecified atom stereocenters. The van der Waals surface area contributed by atoms with Crippen molar-refractivity contribution in [2.24, 2.45) is 0 Å². The van der Waals surface area contributed by atoms with E-state index in [-0.39, 0.29) is 35.8 Å². The molecule has 0 amide bonds. The minimum atomic E-state index is -0.387. The van der Waals surface area contributed by atoms with Gasteiger partial charge in [0.25, 0.3) is 0 Å². The quantitative estimate of drug-likeness (QED) is 0.293. The van der Waals surface area contributed by atoms with Crippen molar-refractivity contribution in [1.82, 2.24) is 4.57 Å². The Kier molecular flexibility index (Phi) is 2.60. The molecule has 2 heteroatoms. The number of para-hydroxylation sites is 2. The van der Waals surface area contributed by atoms with Gasteiger partial charge in [-0.3, -0.25) is 0 Å². The first-order valence-corrected chi connectivity index (χ1v) is 9.05. The molecule has 0 aliphatic rings. The molecule has 0 saturated heterocycles. The molecule has 4 aromatic carbocycles. The largest absolute Gasteiger partial charge is 0.308 e. The number of halogens is 1. The second kappa shape index (κ2) is 6.15. The summed E-state index contributed by atoms with van der Waals surface area (Å²) in [7, 11) is 0. The summed E-state index contributed by atoms with van der Waals surface area (Å²) in [6.07, 6.45) is 0. The summed E-state index contributed by atoms with van der Waals surface area (Å²) in [4.78, 5) is 0. The van der Waals surface area contributed by atoms with Crippen molar-refractivity contribution in [3.05, 3.63) is 101 Å². The molecule has 26 heavy (non-hydrogen) atoms. The van der Waals surface area contributed by atoms with Gasteiger partial charge in [-0.15, -0.1) is 0 Å². The van der Waals surface area contributed by atoms with E-state index in [1.165, 1.54) is 0 Å². The predicted octanol–water partition coefficient (Wildman–Crippen LogP) is 7.21. The maximum atomic E-state index is 8.35. The van der Waals surface area contributed by atoms with Crippen molar-refractivity contribution in [3.8, 4) is 16.8 Å². The van der Waals surface area contributed by atoms with E-state index < -0.39 is 0 Å². The molecule has 0 aliphatic carbocycles. The molecule has 1 nitrogen and oxygen atoms in total. The van der Waals surface area contributed by atoms with Gasteiger partial charge in [0.2, 0.25) is 0 Å². The normalized spacial score (nSPS) is 14.0. The van der Waals surface area contributed by atoms with Crippen LogP contribution in [0.5, 0.6) is 0 Å². The van der Waals surface area contributed by atoms with Crippen LogP contribution in [0.3, 0.4) is 0 Å². The molecule has 5 aromatic rings. The Bertz CT molecular complexity index is 1480. The molecule has 0 N–H and O–H groups in total. The van der Waals surface area contributed by atoms with Gasteiger partial charge >= 0.3 is 0 Å². The van der Waals surface area contributed by atoms with Gasteiger partial charge in [-0.05, 0) is 51.3 Å². The van der Waals surface area contributed by atoms with Crippen LogP contribution in [0.25, 0.3) is 38.6 Å². The third kappa shape index (κ3) is 2.38. The van der Waals surface area contributed by atoms with Crippen LogP contribution in [-0.4, -0.2) is 4.57 Å². The Morgan fingerprint density at radius 2 is 1.42 bits per heavy atom. The van der Waals surface area contributed by atoms with Crippen LogP contribution in [0.1, 0.15) is 6.85 Å². The first-order valence-electron chi connectivity index (χ1n) is 10.8. The highest BCUT2D eigenvalue weighted by atomic mass is 79.9. The first-order chi connectivity index (χ1) is 14.9. The van der Waals surface area contributed by atoms with Crippen LogP contribution in [0.4, 0.5) is 0 Å². The van der Waals surface area contributed by atoms with Crippen molar-refractivity contribution in [2.75, 3.05) is 0 Å². The summed E-state index contributed by atoms with van der Waals surface area (Å²) in [6, 6.07) is 20.3. The van der Waals surface area contributed by atoms with Crippen LogP contribution in [-0.2, 0) is 0 Å². The van der Waals surface area contributed by atoms with Crippen LogP contribution in [0, 0.1) is 0 Å². The molecule has 0 fully saturated rings. The molecule has 1 aromatic heterocycles. The zero-order valence-corrected chi connectivity index (χ0v) is 15.3. The molecule has 0 atom stereocenters. The number of benzene rings is 4. The van der Waals surface area contributed by atoms with E-state index in [0.29, 0.717) is 5.56 Å². The van der Waals surface area contributed by atoms with Crippen LogP contribution < -0.4 is 0 Å². The highest BCUT2D eigenvalue weighted by Crippen LogP contribution is 2.36. The van der Waals surface area contributed by atoms with Gasteiger partial charge in [0.1, 0.15) is 0 Å². The standard InChI is InChI=1S/C24H16BrN/c25-21-11-5-7-13-23(21)26-22-12-6-4-10-19(22)20-15-14-18(16-24(20)26)17-8-2-1-3-9-17/h1-16H/i1D,2D,3D,8D,9D. The van der Waals surface area contributed by atoms with Gasteiger partial charge in [0, 0.05) is 15.2 Å². The molecule has 0 saturated carbocycles. The lowest BCUT2D eigenvalue weighted by Crippen LogP contribution is -1.94. The van der Waals surface area contributed by atoms with E-state index in [2.05, 4.69) is 32.6 Å². The summed E-state index contributed by atoms with van der Waals surface area (Å²) in [5, 5.41) is 2.11. The zero-order valence-electron chi connectivity index (χ0n) is 18.7. The van der Waals surface area contributed by atoms with E-state index >= 15 is 0 Å². The summed E-state index contributed by atoms with van der Waals surface area (Å²) >= 11 is 3.65. The third-order valence-electron chi connectivity index (χ3n) is 4.56. The Morgan fingerprint density at radius 3 is 2.27 bits per heavy atom. The molecular weight excluding hydrogens is 382 g/mol. The number of hydrogen-bond acceptors (Lipinski definition) is 0. The lowest BCUT2D eigenvalue weighted by molar-refractivity contribution is 1.17. The molecular formula is C24H16BrN. The average Bonchev–Trinajstić information content (AvgIpc) is 3.10. The van der Waals surface area contributed by atoms with E-state index in [9.17, 15) is 0 Å². The maximum absolute atomic E-state index is 8.35. The fourth-order valence-corrected chi connectivity index (χ4v) is 3.88. The van der Waals surface area contributed by atoms with Gasteiger partial charge in [0.05, 0.1) is 23.6 Å². The van der Waals surface area contributed by atoms with Crippen LogP contribution >= 0.6 is 15.9 Å². The van der Waals surface area contributed by atoms with Gasteiger partial charge in [-0.25, -0.2) is 0 Å². The van der Waals surface area contributed by atoms with E-state index in [1.54, 1.807) is 0 Å². The first kappa shape index (κ1) is 11.0. The van der Waals surface area contributed by atoms with Gasteiger partial charge in [-0.2, -0.15) is 0 Å². The van der Waals surface area contributed by atoms with Crippen LogP contribution in [0.2, 0.25) is 0 Å². The molecule has 0 spiro atoms. The molecule has 0 radical (unpaired) electrons. The SMILES string of the molecule is [2H]c1c([2H])c([2H])c(-c2ccc3c4ccccc4n(-c4ccccc4Br)c3c2)c([2H])c1[2H]. The van der Waals surface area contributed by atoms with Crippen molar-refractivity contribution in [2.45, 2.75) is 0 Å². The Labute approximate surface area is 167 Å².